The molecule has 1 aromatic heterocycles. The Hall–Kier alpha value is -0.800. The molecule has 74 valence electrons. The second-order valence-corrected chi connectivity index (χ2v) is 3.22. The van der Waals surface area contributed by atoms with Gasteiger partial charge in [-0.15, -0.1) is 0 Å². The number of hydrogen-bond donors (Lipinski definition) is 2. The molecular weight excluding hydrogens is 164 g/mol. The molecule has 1 aromatic rings. The monoisotopic (exact) mass is 184 g/mol. The second-order valence-electron chi connectivity index (χ2n) is 3.22. The summed E-state index contributed by atoms with van der Waals surface area (Å²) in [5, 5.41) is 0. The predicted octanol–water partition coefficient (Wildman–Crippen LogP) is -0.513. The van der Waals surface area contributed by atoms with Crippen molar-refractivity contribution in [2.24, 2.45) is 0 Å². The minimum absolute atomic E-state index is 0.421. The van der Waals surface area contributed by atoms with Crippen molar-refractivity contribution in [1.82, 2.24) is 0 Å². The standard InChI is InChI=1S/C10H18N2O/c1-3-12(4-2)9(8-11)10-6-5-7-13-10/h5-7,9H,3-4,8,11H2,1-2H3/p+2/t9-/m0/s1. The topological polar surface area (TPSA) is 45.2 Å². The van der Waals surface area contributed by atoms with Gasteiger partial charge in [-0.3, -0.25) is 0 Å². The highest BCUT2D eigenvalue weighted by molar-refractivity contribution is 5.01. The summed E-state index contributed by atoms with van der Waals surface area (Å²) in [7, 11) is 0. The molecule has 13 heavy (non-hydrogen) atoms. The van der Waals surface area contributed by atoms with Crippen molar-refractivity contribution in [3.63, 3.8) is 0 Å². The third-order valence-electron chi connectivity index (χ3n) is 2.58. The summed E-state index contributed by atoms with van der Waals surface area (Å²) in [6, 6.07) is 4.41. The van der Waals surface area contributed by atoms with Crippen LogP contribution >= 0.6 is 0 Å². The Morgan fingerprint density at radius 2 is 2.15 bits per heavy atom. The number of quaternary nitrogens is 2. The summed E-state index contributed by atoms with van der Waals surface area (Å²) < 4.78 is 5.41. The normalized spacial score (nSPS) is 13.5. The number of likely N-dealkylation sites (N-methyl/N-ethyl adjacent to an activating group) is 1. The fourth-order valence-corrected chi connectivity index (χ4v) is 1.78. The van der Waals surface area contributed by atoms with Gasteiger partial charge in [0.15, 0.2) is 11.8 Å². The quantitative estimate of drug-likeness (QED) is 0.636. The first-order chi connectivity index (χ1) is 6.33. The molecule has 0 bridgehead atoms. The molecule has 0 saturated heterocycles. The van der Waals surface area contributed by atoms with Crippen LogP contribution in [0.2, 0.25) is 0 Å². The Morgan fingerprint density at radius 1 is 1.46 bits per heavy atom. The fourth-order valence-electron chi connectivity index (χ4n) is 1.78. The first-order valence-corrected chi connectivity index (χ1v) is 5.00. The Balaban J connectivity index is 2.72. The average molecular weight is 184 g/mol. The number of furan rings is 1. The van der Waals surface area contributed by atoms with Crippen molar-refractivity contribution in [3.8, 4) is 0 Å². The molecular formula is C10H20N2O+2. The van der Waals surface area contributed by atoms with E-state index in [1.807, 2.05) is 12.1 Å². The molecule has 0 unspecified atom stereocenters. The highest BCUT2D eigenvalue weighted by atomic mass is 16.3. The lowest BCUT2D eigenvalue weighted by atomic mass is 10.2. The van der Waals surface area contributed by atoms with Crippen LogP contribution < -0.4 is 10.6 Å². The molecule has 3 heteroatoms. The van der Waals surface area contributed by atoms with Gasteiger partial charge in [-0.1, -0.05) is 0 Å². The third-order valence-corrected chi connectivity index (χ3v) is 2.58. The Morgan fingerprint density at radius 3 is 2.54 bits per heavy atom. The molecule has 0 aliphatic carbocycles. The van der Waals surface area contributed by atoms with Gasteiger partial charge in [0.05, 0.1) is 19.4 Å². The second kappa shape index (κ2) is 5.04. The SMILES string of the molecule is CC[NH+](CC)[C@@H](C[NH3+])c1ccco1. The molecule has 0 radical (unpaired) electrons. The minimum atomic E-state index is 0.421. The van der Waals surface area contributed by atoms with Gasteiger partial charge in [-0.2, -0.15) is 0 Å². The summed E-state index contributed by atoms with van der Waals surface area (Å²) in [5.41, 5.74) is 3.98. The predicted molar refractivity (Wildman–Crippen MR) is 51.2 cm³/mol. The van der Waals surface area contributed by atoms with E-state index in [-0.39, 0.29) is 0 Å². The summed E-state index contributed by atoms with van der Waals surface area (Å²) >= 11 is 0. The van der Waals surface area contributed by atoms with Gasteiger partial charge in [-0.25, -0.2) is 0 Å². The largest absolute Gasteiger partial charge is 0.463 e. The zero-order valence-corrected chi connectivity index (χ0v) is 8.55. The average Bonchev–Trinajstić information content (AvgIpc) is 2.66. The van der Waals surface area contributed by atoms with Crippen LogP contribution in [0, 0.1) is 0 Å². The van der Waals surface area contributed by atoms with Gasteiger partial charge in [-0.05, 0) is 26.0 Å². The molecule has 0 saturated carbocycles. The van der Waals surface area contributed by atoms with E-state index in [0.29, 0.717) is 6.04 Å². The zero-order chi connectivity index (χ0) is 9.68. The number of rotatable bonds is 5. The Labute approximate surface area is 79.5 Å². The van der Waals surface area contributed by atoms with Crippen LogP contribution in [0.1, 0.15) is 25.6 Å². The van der Waals surface area contributed by atoms with E-state index in [9.17, 15) is 0 Å². The van der Waals surface area contributed by atoms with Crippen molar-refractivity contribution < 1.29 is 15.1 Å². The fraction of sp³-hybridized carbons (Fsp3) is 0.600. The van der Waals surface area contributed by atoms with Crippen molar-refractivity contribution in [2.45, 2.75) is 19.9 Å². The first kappa shape index (κ1) is 10.3. The van der Waals surface area contributed by atoms with E-state index in [2.05, 4.69) is 19.6 Å². The molecule has 4 N–H and O–H groups in total. The Bertz CT molecular complexity index is 217. The minimum Gasteiger partial charge on any atom is -0.463 e. The summed E-state index contributed by atoms with van der Waals surface area (Å²) in [6.45, 7) is 7.54. The van der Waals surface area contributed by atoms with E-state index >= 15 is 0 Å². The molecule has 1 atom stereocenters. The van der Waals surface area contributed by atoms with Gasteiger partial charge in [0.25, 0.3) is 0 Å². The number of hydrogen-bond acceptors (Lipinski definition) is 1. The summed E-state index contributed by atoms with van der Waals surface area (Å²) in [4.78, 5) is 1.53. The van der Waals surface area contributed by atoms with Crippen LogP contribution in [0.25, 0.3) is 0 Å². The molecule has 0 amide bonds. The zero-order valence-electron chi connectivity index (χ0n) is 8.55. The van der Waals surface area contributed by atoms with Gasteiger partial charge in [0.2, 0.25) is 0 Å². The van der Waals surface area contributed by atoms with Crippen molar-refractivity contribution in [2.75, 3.05) is 19.6 Å². The maximum absolute atomic E-state index is 5.41. The lowest BCUT2D eigenvalue weighted by molar-refractivity contribution is -0.935. The molecule has 1 rings (SSSR count). The lowest BCUT2D eigenvalue weighted by Crippen LogP contribution is -3.13. The van der Waals surface area contributed by atoms with Crippen LogP contribution in [0.3, 0.4) is 0 Å². The van der Waals surface area contributed by atoms with Crippen LogP contribution in [0.4, 0.5) is 0 Å². The maximum Gasteiger partial charge on any atom is 0.195 e. The first-order valence-electron chi connectivity index (χ1n) is 5.00. The molecule has 3 nitrogen and oxygen atoms in total. The molecule has 0 aromatic carbocycles. The van der Waals surface area contributed by atoms with Crippen LogP contribution in [0.15, 0.2) is 22.8 Å². The Kier molecular flexibility index (Phi) is 3.99. The van der Waals surface area contributed by atoms with Crippen molar-refractivity contribution in [3.05, 3.63) is 24.2 Å². The van der Waals surface area contributed by atoms with E-state index in [4.69, 9.17) is 4.42 Å². The summed E-state index contributed by atoms with van der Waals surface area (Å²) in [6.07, 6.45) is 1.74. The van der Waals surface area contributed by atoms with Gasteiger partial charge < -0.3 is 15.1 Å². The van der Waals surface area contributed by atoms with Crippen LogP contribution in [-0.4, -0.2) is 19.6 Å². The summed E-state index contributed by atoms with van der Waals surface area (Å²) in [5.74, 6) is 1.06. The number of nitrogens with one attached hydrogen (secondary N) is 1. The van der Waals surface area contributed by atoms with E-state index in [1.165, 1.54) is 4.90 Å². The van der Waals surface area contributed by atoms with Gasteiger partial charge >= 0.3 is 0 Å². The lowest BCUT2D eigenvalue weighted by Gasteiger charge is -2.22. The van der Waals surface area contributed by atoms with Crippen LogP contribution in [0.5, 0.6) is 0 Å². The molecule has 0 aliphatic rings. The highest BCUT2D eigenvalue weighted by Gasteiger charge is 2.23. The molecule has 0 spiro atoms. The van der Waals surface area contributed by atoms with Crippen LogP contribution in [-0.2, 0) is 0 Å². The maximum atomic E-state index is 5.41. The molecule has 0 fully saturated rings. The van der Waals surface area contributed by atoms with Gasteiger partial charge in [0, 0.05) is 0 Å². The third kappa shape index (κ3) is 2.32. The smallest absolute Gasteiger partial charge is 0.195 e. The highest BCUT2D eigenvalue weighted by Crippen LogP contribution is 2.07. The van der Waals surface area contributed by atoms with E-state index < -0.39 is 0 Å². The van der Waals surface area contributed by atoms with Crippen molar-refractivity contribution >= 4 is 0 Å². The van der Waals surface area contributed by atoms with Crippen molar-refractivity contribution in [1.29, 1.82) is 0 Å². The van der Waals surface area contributed by atoms with E-state index in [1.54, 1.807) is 6.26 Å². The van der Waals surface area contributed by atoms with Gasteiger partial charge in [0.1, 0.15) is 6.54 Å². The molecule has 1 heterocycles. The van der Waals surface area contributed by atoms with E-state index in [0.717, 1.165) is 25.4 Å². The molecule has 0 aliphatic heterocycles.